The van der Waals surface area contributed by atoms with Crippen LogP contribution in [0.5, 0.6) is 0 Å². The molecule has 0 spiro atoms. The van der Waals surface area contributed by atoms with E-state index in [1.165, 1.54) is 28.7 Å². The van der Waals surface area contributed by atoms with Crippen molar-refractivity contribution in [1.29, 1.82) is 0 Å². The first-order chi connectivity index (χ1) is 25.0. The Morgan fingerprint density at radius 3 is 2.08 bits per heavy atom. The van der Waals surface area contributed by atoms with Crippen molar-refractivity contribution in [2.75, 3.05) is 31.7 Å². The van der Waals surface area contributed by atoms with Crippen LogP contribution in [0.4, 0.5) is 0 Å². The zero-order chi connectivity index (χ0) is 38.0. The summed E-state index contributed by atoms with van der Waals surface area (Å²) in [6.07, 6.45) is 12.5. The molecule has 0 aromatic heterocycles. The second kappa shape index (κ2) is 23.3. The van der Waals surface area contributed by atoms with Crippen LogP contribution in [0.15, 0.2) is 0 Å². The zero-order valence-electron chi connectivity index (χ0n) is 31.7. The third-order valence-corrected chi connectivity index (χ3v) is 12.6. The van der Waals surface area contributed by atoms with Crippen LogP contribution in [0, 0.1) is 5.92 Å². The minimum atomic E-state index is -0.998. The standard InChI is InChI=1S/C37H63N5O8S2/c1-5-26(43)16-12-10-8-6-7-9-11-13-19-32(44)38-28-23-51-52-24-29(37(49)50-4)40-33(45)27(22-25(2)3)39-34(46)30-17-14-20-41(30)36(48)31-18-15-21-42(31)35(28)47/h25-31,43H,5-24H2,1-4H3,(H,38,44)(H,39,46)(H,40,45)/t26-,27+,28+,29+,30+,31+/m1/s1. The van der Waals surface area contributed by atoms with Gasteiger partial charge >= 0.3 is 5.97 Å². The molecule has 52 heavy (non-hydrogen) atoms. The first kappa shape index (κ1) is 43.9. The van der Waals surface area contributed by atoms with Crippen molar-refractivity contribution in [3.05, 3.63) is 0 Å². The number of rotatable bonds is 16. The summed E-state index contributed by atoms with van der Waals surface area (Å²) in [7, 11) is 3.82. The van der Waals surface area contributed by atoms with Crippen molar-refractivity contribution in [3.8, 4) is 0 Å². The third kappa shape index (κ3) is 14.0. The highest BCUT2D eigenvalue weighted by Crippen LogP contribution is 2.29. The smallest absolute Gasteiger partial charge is 0.329 e. The van der Waals surface area contributed by atoms with Crippen LogP contribution >= 0.6 is 21.6 Å². The van der Waals surface area contributed by atoms with E-state index in [0.717, 1.165) is 57.8 Å². The fourth-order valence-electron chi connectivity index (χ4n) is 7.14. The molecule has 0 aromatic rings. The van der Waals surface area contributed by atoms with Gasteiger partial charge in [-0.05, 0) is 57.3 Å². The molecule has 3 aliphatic rings. The van der Waals surface area contributed by atoms with Crippen LogP contribution in [0.25, 0.3) is 0 Å². The first-order valence-electron chi connectivity index (χ1n) is 19.5. The van der Waals surface area contributed by atoms with E-state index in [4.69, 9.17) is 4.74 Å². The molecule has 3 rings (SSSR count). The van der Waals surface area contributed by atoms with E-state index in [2.05, 4.69) is 16.0 Å². The zero-order valence-corrected chi connectivity index (χ0v) is 33.3. The number of fused-ring (bicyclic) bond motifs is 2. The van der Waals surface area contributed by atoms with Crippen LogP contribution in [-0.2, 0) is 33.5 Å². The van der Waals surface area contributed by atoms with Gasteiger partial charge < -0.3 is 35.6 Å². The molecule has 0 radical (unpaired) electrons. The fraction of sp³-hybridized carbons (Fsp3) is 0.838. The van der Waals surface area contributed by atoms with Gasteiger partial charge in [0.15, 0.2) is 0 Å². The number of ether oxygens (including phenoxy) is 1. The van der Waals surface area contributed by atoms with Gasteiger partial charge in [0.05, 0.1) is 13.2 Å². The van der Waals surface area contributed by atoms with E-state index in [9.17, 15) is 33.9 Å². The lowest BCUT2D eigenvalue weighted by atomic mass is 10.0. The minimum Gasteiger partial charge on any atom is -0.467 e. The summed E-state index contributed by atoms with van der Waals surface area (Å²) in [5.41, 5.74) is 0. The Bertz CT molecular complexity index is 1190. The van der Waals surface area contributed by atoms with Crippen molar-refractivity contribution < 1.29 is 38.6 Å². The molecular formula is C37H63N5O8S2. The number of methoxy groups -OCH3 is 1. The fourth-order valence-corrected chi connectivity index (χ4v) is 9.44. The monoisotopic (exact) mass is 769 g/mol. The summed E-state index contributed by atoms with van der Waals surface area (Å²) in [4.78, 5) is 84.2. The number of aliphatic hydroxyl groups excluding tert-OH is 1. The van der Waals surface area contributed by atoms with Crippen molar-refractivity contribution >= 4 is 57.1 Å². The van der Waals surface area contributed by atoms with Crippen LogP contribution in [-0.4, -0.2) is 118 Å². The molecular weight excluding hydrogens is 707 g/mol. The van der Waals surface area contributed by atoms with Crippen LogP contribution < -0.4 is 16.0 Å². The Balaban J connectivity index is 1.68. The molecule has 6 atom stereocenters. The third-order valence-electron chi connectivity index (χ3n) is 10.2. The lowest BCUT2D eigenvalue weighted by molar-refractivity contribution is -0.148. The number of hydrogen-bond acceptors (Lipinski definition) is 10. The van der Waals surface area contributed by atoms with E-state index in [0.29, 0.717) is 51.6 Å². The van der Waals surface area contributed by atoms with E-state index >= 15 is 0 Å². The summed E-state index contributed by atoms with van der Waals surface area (Å²) < 4.78 is 4.97. The Morgan fingerprint density at radius 2 is 1.44 bits per heavy atom. The Morgan fingerprint density at radius 1 is 0.846 bits per heavy atom. The SMILES string of the molecule is CC[C@@H](O)CCCCCCCCCCC(=O)N[C@H]1CSSC[C@@H](C(=O)OC)NC(=O)[C@H](CC(C)C)NC(=O)[C@@H]2CCCN2C(=O)[C@@H]2CCCN2C1=O. The Labute approximate surface area is 318 Å². The van der Waals surface area contributed by atoms with E-state index in [-0.39, 0.29) is 47.7 Å². The number of carbonyl (C=O) groups excluding carboxylic acids is 6. The Hall–Kier alpha value is -2.52. The van der Waals surface area contributed by atoms with Gasteiger partial charge in [-0.2, -0.15) is 0 Å². The highest BCUT2D eigenvalue weighted by atomic mass is 33.1. The minimum absolute atomic E-state index is 0.0605. The topological polar surface area (TPSA) is 174 Å². The predicted molar refractivity (Wildman–Crippen MR) is 204 cm³/mol. The van der Waals surface area contributed by atoms with Crippen molar-refractivity contribution in [2.45, 2.75) is 160 Å². The number of nitrogens with one attached hydrogen (secondary N) is 3. The molecule has 3 saturated heterocycles. The van der Waals surface area contributed by atoms with Gasteiger partial charge in [0, 0.05) is 31.0 Å². The summed E-state index contributed by atoms with van der Waals surface area (Å²) in [6.45, 7) is 6.62. The average Bonchev–Trinajstić information content (AvgIpc) is 3.82. The van der Waals surface area contributed by atoms with Gasteiger partial charge in [0.2, 0.25) is 29.5 Å². The van der Waals surface area contributed by atoms with Crippen molar-refractivity contribution in [1.82, 2.24) is 25.8 Å². The summed E-state index contributed by atoms with van der Waals surface area (Å²) >= 11 is 0. The molecule has 296 valence electrons. The van der Waals surface area contributed by atoms with Crippen molar-refractivity contribution in [2.24, 2.45) is 5.92 Å². The molecule has 3 heterocycles. The second-order valence-electron chi connectivity index (χ2n) is 14.8. The molecule has 0 bridgehead atoms. The number of esters is 1. The van der Waals surface area contributed by atoms with Crippen LogP contribution in [0.2, 0.25) is 0 Å². The number of nitrogens with zero attached hydrogens (tertiary/aromatic N) is 2. The maximum Gasteiger partial charge on any atom is 0.329 e. The molecule has 0 unspecified atom stereocenters. The van der Waals surface area contributed by atoms with Crippen LogP contribution in [0.3, 0.4) is 0 Å². The lowest BCUT2D eigenvalue weighted by Crippen LogP contribution is -2.58. The molecule has 0 aromatic carbocycles. The van der Waals surface area contributed by atoms with Gasteiger partial charge in [0.1, 0.15) is 30.2 Å². The highest BCUT2D eigenvalue weighted by Gasteiger charge is 2.44. The normalized spacial score (nSPS) is 25.6. The maximum absolute atomic E-state index is 14.1. The lowest BCUT2D eigenvalue weighted by Gasteiger charge is -2.33. The second-order valence-corrected chi connectivity index (χ2v) is 17.3. The number of amides is 5. The molecule has 4 N–H and O–H groups in total. The number of unbranched alkanes of at least 4 members (excludes halogenated alkanes) is 7. The largest absolute Gasteiger partial charge is 0.467 e. The maximum atomic E-state index is 14.1. The summed E-state index contributed by atoms with van der Waals surface area (Å²) in [5, 5.41) is 18.2. The predicted octanol–water partition coefficient (Wildman–Crippen LogP) is 3.71. The molecule has 5 amide bonds. The van der Waals surface area contributed by atoms with E-state index < -0.39 is 48.0 Å². The van der Waals surface area contributed by atoms with Gasteiger partial charge in [-0.3, -0.25) is 24.0 Å². The quantitative estimate of drug-likeness (QED) is 0.103. The van der Waals surface area contributed by atoms with Crippen LogP contribution in [0.1, 0.15) is 124 Å². The molecule has 13 nitrogen and oxygen atoms in total. The highest BCUT2D eigenvalue weighted by molar-refractivity contribution is 8.76. The van der Waals surface area contributed by atoms with Gasteiger partial charge in [0.25, 0.3) is 0 Å². The first-order valence-corrected chi connectivity index (χ1v) is 22.0. The molecule has 3 aliphatic heterocycles. The molecule has 15 heteroatoms. The number of aliphatic hydroxyl groups is 1. The summed E-state index contributed by atoms with van der Waals surface area (Å²) in [6, 6.07) is -4.31. The molecule has 0 saturated carbocycles. The van der Waals surface area contributed by atoms with Gasteiger partial charge in [-0.25, -0.2) is 4.79 Å². The number of hydrogen-bond donors (Lipinski definition) is 4. The van der Waals surface area contributed by atoms with Crippen molar-refractivity contribution in [3.63, 3.8) is 0 Å². The Kier molecular flexibility index (Phi) is 19.7. The average molecular weight is 770 g/mol. The summed E-state index contributed by atoms with van der Waals surface area (Å²) in [5.74, 6) is -2.00. The van der Waals surface area contributed by atoms with Gasteiger partial charge in [-0.15, -0.1) is 0 Å². The van der Waals surface area contributed by atoms with E-state index in [1.807, 2.05) is 20.8 Å². The van der Waals surface area contributed by atoms with E-state index in [1.54, 1.807) is 9.80 Å². The molecule has 0 aliphatic carbocycles. The molecule has 3 fully saturated rings. The number of carbonyl (C=O) groups is 6. The van der Waals surface area contributed by atoms with Gasteiger partial charge in [-0.1, -0.05) is 87.3 Å².